The highest BCUT2D eigenvalue weighted by Gasteiger charge is 2.48. The van der Waals surface area contributed by atoms with Gasteiger partial charge in [0.25, 0.3) is 0 Å². The van der Waals surface area contributed by atoms with E-state index in [-0.39, 0.29) is 11.4 Å². The number of piperidine rings is 1. The largest absolute Gasteiger partial charge is 0.480 e. The van der Waals surface area contributed by atoms with Crippen molar-refractivity contribution in [2.24, 2.45) is 0 Å². The molecule has 7 heteroatoms. The summed E-state index contributed by atoms with van der Waals surface area (Å²) >= 11 is 3.22. The lowest BCUT2D eigenvalue weighted by Crippen LogP contribution is -2.57. The SMILES string of the molecule is CC1(C(=O)O)CCCCN1S(=O)(=O)c1ccccc1Br. The number of halogens is 1. The van der Waals surface area contributed by atoms with E-state index in [9.17, 15) is 18.3 Å². The van der Waals surface area contributed by atoms with E-state index in [0.29, 0.717) is 23.7 Å². The third-order valence-corrected chi connectivity index (χ3v) is 6.72. The van der Waals surface area contributed by atoms with E-state index in [0.717, 1.165) is 4.31 Å². The minimum absolute atomic E-state index is 0.106. The molecule has 0 aliphatic carbocycles. The van der Waals surface area contributed by atoms with Crippen LogP contribution in [0.25, 0.3) is 0 Å². The van der Waals surface area contributed by atoms with Gasteiger partial charge >= 0.3 is 5.97 Å². The number of aliphatic carboxylic acids is 1. The van der Waals surface area contributed by atoms with E-state index in [1.54, 1.807) is 18.2 Å². The summed E-state index contributed by atoms with van der Waals surface area (Å²) in [5, 5.41) is 9.43. The van der Waals surface area contributed by atoms with Crippen LogP contribution in [0.15, 0.2) is 33.6 Å². The van der Waals surface area contributed by atoms with E-state index in [2.05, 4.69) is 15.9 Å². The van der Waals surface area contributed by atoms with Gasteiger partial charge in [0.05, 0.1) is 4.90 Å². The second-order valence-electron chi connectivity index (χ2n) is 5.04. The number of benzene rings is 1. The Kier molecular flexibility index (Phi) is 4.22. The molecule has 1 aliphatic heterocycles. The maximum absolute atomic E-state index is 12.8. The lowest BCUT2D eigenvalue weighted by molar-refractivity contribution is -0.149. The van der Waals surface area contributed by atoms with Gasteiger partial charge in [-0.3, -0.25) is 4.79 Å². The third-order valence-electron chi connectivity index (χ3n) is 3.69. The van der Waals surface area contributed by atoms with Gasteiger partial charge in [-0.2, -0.15) is 4.31 Å². The molecule has 0 amide bonds. The predicted octanol–water partition coefficient (Wildman–Crippen LogP) is 2.47. The van der Waals surface area contributed by atoms with Gasteiger partial charge in [-0.15, -0.1) is 0 Å². The molecule has 0 radical (unpaired) electrons. The van der Waals surface area contributed by atoms with Gasteiger partial charge in [0.1, 0.15) is 5.54 Å². The van der Waals surface area contributed by atoms with Gasteiger partial charge in [0.2, 0.25) is 10.0 Å². The molecule has 1 aromatic carbocycles. The quantitative estimate of drug-likeness (QED) is 0.897. The Hall–Kier alpha value is -0.920. The molecule has 1 aromatic rings. The number of hydrogen-bond donors (Lipinski definition) is 1. The molecule has 0 aromatic heterocycles. The highest BCUT2D eigenvalue weighted by Crippen LogP contribution is 2.35. The fraction of sp³-hybridized carbons (Fsp3) is 0.462. The van der Waals surface area contributed by atoms with Crippen molar-refractivity contribution in [2.75, 3.05) is 6.54 Å². The van der Waals surface area contributed by atoms with Gasteiger partial charge < -0.3 is 5.11 Å². The maximum Gasteiger partial charge on any atom is 0.324 e. The number of rotatable bonds is 3. The van der Waals surface area contributed by atoms with Crippen LogP contribution in [0, 0.1) is 0 Å². The first-order valence-corrected chi connectivity index (χ1v) is 8.54. The van der Waals surface area contributed by atoms with Crippen molar-refractivity contribution in [3.8, 4) is 0 Å². The number of nitrogens with zero attached hydrogens (tertiary/aromatic N) is 1. The molecule has 0 saturated carbocycles. The first kappa shape index (κ1) is 15.5. The molecule has 1 aliphatic rings. The molecule has 0 spiro atoms. The molecular formula is C13H16BrNO4S. The monoisotopic (exact) mass is 361 g/mol. The Balaban J connectivity index is 2.53. The number of sulfonamides is 1. The normalized spacial score (nSPS) is 24.5. The third kappa shape index (κ3) is 2.49. The van der Waals surface area contributed by atoms with Crippen LogP contribution in [0.4, 0.5) is 0 Å². The summed E-state index contributed by atoms with van der Waals surface area (Å²) < 4.78 is 27.1. The van der Waals surface area contributed by atoms with Crippen LogP contribution in [0.1, 0.15) is 26.2 Å². The summed E-state index contributed by atoms with van der Waals surface area (Å²) in [6.07, 6.45) is 1.71. The van der Waals surface area contributed by atoms with Gasteiger partial charge in [0, 0.05) is 11.0 Å². The highest BCUT2D eigenvalue weighted by molar-refractivity contribution is 9.10. The van der Waals surface area contributed by atoms with Gasteiger partial charge in [-0.05, 0) is 54.2 Å². The highest BCUT2D eigenvalue weighted by atomic mass is 79.9. The minimum Gasteiger partial charge on any atom is -0.480 e. The van der Waals surface area contributed by atoms with Crippen molar-refractivity contribution in [2.45, 2.75) is 36.6 Å². The average molecular weight is 362 g/mol. The molecule has 1 saturated heterocycles. The second-order valence-corrected chi connectivity index (χ2v) is 7.73. The van der Waals surface area contributed by atoms with Crippen LogP contribution in [0.3, 0.4) is 0 Å². The van der Waals surface area contributed by atoms with E-state index >= 15 is 0 Å². The molecule has 1 unspecified atom stereocenters. The van der Waals surface area contributed by atoms with Crippen LogP contribution in [-0.4, -0.2) is 35.9 Å². The molecule has 1 N–H and O–H groups in total. The van der Waals surface area contributed by atoms with E-state index in [1.807, 2.05) is 0 Å². The van der Waals surface area contributed by atoms with Crippen molar-refractivity contribution in [3.05, 3.63) is 28.7 Å². The first-order chi connectivity index (χ1) is 9.30. The molecule has 110 valence electrons. The fourth-order valence-electron chi connectivity index (χ4n) is 2.47. The van der Waals surface area contributed by atoms with E-state index in [4.69, 9.17) is 0 Å². The molecule has 2 rings (SSSR count). The Morgan fingerprint density at radius 2 is 2.00 bits per heavy atom. The Morgan fingerprint density at radius 3 is 2.60 bits per heavy atom. The van der Waals surface area contributed by atoms with Crippen LogP contribution >= 0.6 is 15.9 Å². The van der Waals surface area contributed by atoms with Crippen LogP contribution in [0.5, 0.6) is 0 Å². The number of carboxylic acid groups (broad SMARTS) is 1. The standard InChI is InChI=1S/C13H16BrNO4S/c1-13(12(16)17)8-4-5-9-15(13)20(18,19)11-7-3-2-6-10(11)14/h2-3,6-7H,4-5,8-9H2,1H3,(H,16,17). The molecule has 1 fully saturated rings. The number of hydrogen-bond acceptors (Lipinski definition) is 3. The molecule has 20 heavy (non-hydrogen) atoms. The zero-order valence-corrected chi connectivity index (χ0v) is 13.4. The fourth-order valence-corrected chi connectivity index (χ4v) is 5.24. The summed E-state index contributed by atoms with van der Waals surface area (Å²) in [4.78, 5) is 11.6. The smallest absolute Gasteiger partial charge is 0.324 e. The van der Waals surface area contributed by atoms with E-state index in [1.165, 1.54) is 13.0 Å². The van der Waals surface area contributed by atoms with Crippen LogP contribution in [-0.2, 0) is 14.8 Å². The van der Waals surface area contributed by atoms with Crippen molar-refractivity contribution in [3.63, 3.8) is 0 Å². The topological polar surface area (TPSA) is 74.7 Å². The molecule has 0 bridgehead atoms. The predicted molar refractivity (Wildman–Crippen MR) is 77.9 cm³/mol. The summed E-state index contributed by atoms with van der Waals surface area (Å²) in [7, 11) is -3.84. The van der Waals surface area contributed by atoms with Gasteiger partial charge in [0.15, 0.2) is 0 Å². The van der Waals surface area contributed by atoms with Gasteiger partial charge in [-0.25, -0.2) is 8.42 Å². The van der Waals surface area contributed by atoms with Crippen molar-refractivity contribution < 1.29 is 18.3 Å². The average Bonchev–Trinajstić information content (AvgIpc) is 2.39. The van der Waals surface area contributed by atoms with Crippen molar-refractivity contribution >= 4 is 31.9 Å². The van der Waals surface area contributed by atoms with Crippen LogP contribution < -0.4 is 0 Å². The molecular weight excluding hydrogens is 346 g/mol. The summed E-state index contributed by atoms with van der Waals surface area (Å²) in [6.45, 7) is 1.70. The zero-order chi connectivity index (χ0) is 15.0. The Morgan fingerprint density at radius 1 is 1.35 bits per heavy atom. The molecule has 1 atom stereocenters. The maximum atomic E-state index is 12.8. The van der Waals surface area contributed by atoms with Crippen molar-refractivity contribution in [1.29, 1.82) is 0 Å². The van der Waals surface area contributed by atoms with Crippen LogP contribution in [0.2, 0.25) is 0 Å². The zero-order valence-electron chi connectivity index (χ0n) is 11.0. The van der Waals surface area contributed by atoms with E-state index < -0.39 is 21.5 Å². The molecule has 5 nitrogen and oxygen atoms in total. The number of carbonyl (C=O) groups is 1. The summed E-state index contributed by atoms with van der Waals surface area (Å²) in [5.74, 6) is -1.10. The second kappa shape index (κ2) is 5.46. The lowest BCUT2D eigenvalue weighted by atomic mass is 9.91. The molecule has 1 heterocycles. The summed E-state index contributed by atoms with van der Waals surface area (Å²) in [5.41, 5.74) is -1.38. The summed E-state index contributed by atoms with van der Waals surface area (Å²) in [6, 6.07) is 6.46. The Labute approximate surface area is 126 Å². The lowest BCUT2D eigenvalue weighted by Gasteiger charge is -2.40. The van der Waals surface area contributed by atoms with Gasteiger partial charge in [-0.1, -0.05) is 12.1 Å². The van der Waals surface area contributed by atoms with Crippen molar-refractivity contribution in [1.82, 2.24) is 4.31 Å². The first-order valence-electron chi connectivity index (χ1n) is 6.31. The number of carboxylic acids is 1. The Bertz CT molecular complexity index is 631. The minimum atomic E-state index is -3.84.